The second-order valence-corrected chi connectivity index (χ2v) is 30.0. The summed E-state index contributed by atoms with van der Waals surface area (Å²) >= 11 is 0. The Labute approximate surface area is 711 Å². The molecule has 10 N–H and O–H groups in total. The van der Waals surface area contributed by atoms with Crippen molar-refractivity contribution in [3.63, 3.8) is 0 Å². The Hall–Kier alpha value is -13.3. The van der Waals surface area contributed by atoms with Gasteiger partial charge in [0.15, 0.2) is 0 Å². The van der Waals surface area contributed by atoms with E-state index >= 15 is 0 Å². The predicted molar refractivity (Wildman–Crippen MR) is 465 cm³/mol. The van der Waals surface area contributed by atoms with Gasteiger partial charge in [-0.15, -0.1) is 0 Å². The average Bonchev–Trinajstić information content (AvgIpc) is 1.68. The van der Waals surface area contributed by atoms with Crippen LogP contribution < -0.4 is 80.1 Å². The van der Waals surface area contributed by atoms with Crippen LogP contribution in [0, 0.1) is 23.3 Å². The van der Waals surface area contributed by atoms with Crippen molar-refractivity contribution in [3.05, 3.63) is 217 Å². The summed E-state index contributed by atoms with van der Waals surface area (Å²) in [6.07, 6.45) is -3.93. The minimum absolute atomic E-state index is 0. The number of piperazine rings is 4. The number of nitrogens with one attached hydrogen (secondary N) is 4. The zero-order valence-electron chi connectivity index (χ0n) is 69.0. The molecule has 123 heavy (non-hydrogen) atoms. The highest BCUT2D eigenvalue weighted by molar-refractivity contribution is 5.93. The molecule has 8 aliphatic heterocycles. The molecule has 16 rings (SSSR count). The lowest BCUT2D eigenvalue weighted by Crippen LogP contribution is -2.46. The zero-order valence-corrected chi connectivity index (χ0v) is 69.0. The van der Waals surface area contributed by atoms with Gasteiger partial charge in [-0.25, -0.2) is 36.7 Å². The van der Waals surface area contributed by atoms with Gasteiger partial charge in [0.2, 0.25) is 23.6 Å². The number of para-hydroxylation sites is 4. The van der Waals surface area contributed by atoms with E-state index in [0.717, 1.165) is 105 Å². The number of anilines is 12. The molecular formula is C88H106F4N16O15. The molecule has 656 valence electrons. The first-order chi connectivity index (χ1) is 58.0. The molecule has 0 unspecified atom stereocenters. The zero-order chi connectivity index (χ0) is 84.3. The van der Waals surface area contributed by atoms with E-state index in [4.69, 9.17) is 18.9 Å². The highest BCUT2D eigenvalue weighted by Crippen LogP contribution is 2.35. The molecule has 8 aromatic rings. The third-order valence-corrected chi connectivity index (χ3v) is 21.7. The summed E-state index contributed by atoms with van der Waals surface area (Å²) < 4.78 is 80.6. The molecule has 0 saturated carbocycles. The molecular weight excluding hydrogens is 1600 g/mol. The van der Waals surface area contributed by atoms with E-state index in [9.17, 15) is 55.9 Å². The van der Waals surface area contributed by atoms with E-state index in [1.54, 1.807) is 48.5 Å². The van der Waals surface area contributed by atoms with Crippen LogP contribution in [0.15, 0.2) is 194 Å². The van der Waals surface area contributed by atoms with Crippen LogP contribution in [-0.4, -0.2) is 246 Å². The monoisotopic (exact) mass is 1700 g/mol. The number of carbonyl (C=O) groups is 8. The van der Waals surface area contributed by atoms with Crippen molar-refractivity contribution >= 4 is 116 Å². The van der Waals surface area contributed by atoms with Gasteiger partial charge in [-0.3, -0.25) is 38.8 Å². The number of hydrogen-bond acceptors (Lipinski definition) is 20. The summed E-state index contributed by atoms with van der Waals surface area (Å²) in [5.41, 5.74) is 8.66. The Morgan fingerprint density at radius 2 is 0.439 bits per heavy atom. The predicted octanol–water partition coefficient (Wildman–Crippen LogP) is 7.98. The molecule has 8 fully saturated rings. The van der Waals surface area contributed by atoms with E-state index in [1.807, 2.05) is 92.4 Å². The summed E-state index contributed by atoms with van der Waals surface area (Å²) in [5, 5.41) is 10.5. The lowest BCUT2D eigenvalue weighted by molar-refractivity contribution is -0.120. The minimum atomic E-state index is -0.533. The van der Waals surface area contributed by atoms with Crippen molar-refractivity contribution in [3.8, 4) is 0 Å². The van der Waals surface area contributed by atoms with Crippen LogP contribution in [0.25, 0.3) is 0 Å². The van der Waals surface area contributed by atoms with Crippen molar-refractivity contribution in [2.45, 2.75) is 52.1 Å². The molecule has 0 aromatic heterocycles. The standard InChI is InChI=1S/4C22H25FN4O3.3H2O/c4*1-16(28)24-14-19-15-27(22(29)30-19)18-7-8-21(20(23)13-18)26-11-9-25(10-12-26)17-5-3-2-4-6-17;;;/h4*2-8,13,19H,9-12,14-15H2,1H3,(H,24,28);3*1H2/t4*19-;;;/m0000.../s1. The van der Waals surface area contributed by atoms with E-state index < -0.39 is 48.8 Å². The van der Waals surface area contributed by atoms with Crippen LogP contribution in [-0.2, 0) is 38.1 Å². The van der Waals surface area contributed by atoms with Gasteiger partial charge in [0.25, 0.3) is 0 Å². The Kier molecular flexibility index (Phi) is 32.4. The van der Waals surface area contributed by atoms with E-state index in [-0.39, 0.29) is 116 Å². The molecule has 8 saturated heterocycles. The second-order valence-electron chi connectivity index (χ2n) is 30.0. The number of cyclic esters (lactones) is 4. The molecule has 8 amide bonds. The number of hydrogen-bond donors (Lipinski definition) is 4. The molecule has 35 heteroatoms. The Morgan fingerprint density at radius 3 is 0.602 bits per heavy atom. The summed E-state index contributed by atoms with van der Waals surface area (Å²) in [7, 11) is 0. The van der Waals surface area contributed by atoms with E-state index in [2.05, 4.69) is 89.4 Å². The van der Waals surface area contributed by atoms with Gasteiger partial charge in [0, 0.05) is 155 Å². The Morgan fingerprint density at radius 1 is 0.268 bits per heavy atom. The summed E-state index contributed by atoms with van der Waals surface area (Å²) in [5.74, 6) is -2.20. The molecule has 8 aromatic carbocycles. The summed E-state index contributed by atoms with van der Waals surface area (Å²) in [6.45, 7) is 19.9. The van der Waals surface area contributed by atoms with Gasteiger partial charge in [-0.2, -0.15) is 0 Å². The average molecular weight is 1700 g/mol. The normalized spacial score (nSPS) is 18.6. The SMILES string of the molecule is CC(=O)NC[C@H]1CN(c2ccc(N3CCN(c4ccccc4)CC3)c(F)c2)C(=O)O1.CC(=O)NC[C@H]1CN(c2ccc(N3CCN(c4ccccc4)CC3)c(F)c2)C(=O)O1.CC(=O)NC[C@H]1CN(c2ccc(N3CCN(c4ccccc4)CC3)c(F)c2)C(=O)O1.CC(=O)NC[C@H]1CN(c2ccc(N3CCN(c4ccccc4)CC3)c(F)c2)C(=O)O1.O.O.O. The van der Waals surface area contributed by atoms with E-state index in [1.165, 1.54) is 94.3 Å². The first-order valence-corrected chi connectivity index (χ1v) is 40.3. The maximum atomic E-state index is 14.9. The number of ether oxygens (including phenoxy) is 4. The maximum Gasteiger partial charge on any atom is 0.414 e. The van der Waals surface area contributed by atoms with E-state index in [0.29, 0.717) is 45.5 Å². The third-order valence-electron chi connectivity index (χ3n) is 21.7. The number of rotatable bonds is 20. The van der Waals surface area contributed by atoms with Gasteiger partial charge >= 0.3 is 24.4 Å². The molecule has 0 bridgehead atoms. The number of nitrogens with zero attached hydrogens (tertiary/aromatic N) is 12. The fourth-order valence-electron chi connectivity index (χ4n) is 15.4. The largest absolute Gasteiger partial charge is 0.442 e. The fourth-order valence-corrected chi connectivity index (χ4v) is 15.4. The topological polar surface area (TPSA) is 355 Å². The van der Waals surface area contributed by atoms with Crippen molar-refractivity contribution in [2.75, 3.05) is 216 Å². The molecule has 8 heterocycles. The van der Waals surface area contributed by atoms with Crippen LogP contribution in [0.4, 0.5) is 105 Å². The van der Waals surface area contributed by atoms with Crippen LogP contribution in [0.2, 0.25) is 0 Å². The van der Waals surface area contributed by atoms with Crippen LogP contribution in [0.5, 0.6) is 0 Å². The molecule has 0 aliphatic carbocycles. The van der Waals surface area contributed by atoms with Crippen LogP contribution >= 0.6 is 0 Å². The number of halogens is 4. The van der Waals surface area contributed by atoms with Crippen LogP contribution in [0.3, 0.4) is 0 Å². The third kappa shape index (κ3) is 24.1. The van der Waals surface area contributed by atoms with Gasteiger partial charge in [-0.1, -0.05) is 72.8 Å². The van der Waals surface area contributed by atoms with Crippen molar-refractivity contribution in [1.29, 1.82) is 0 Å². The van der Waals surface area contributed by atoms with Crippen molar-refractivity contribution in [2.24, 2.45) is 0 Å². The first kappa shape index (κ1) is 92.0. The number of benzene rings is 8. The highest BCUT2D eigenvalue weighted by atomic mass is 19.1. The van der Waals surface area contributed by atoms with Gasteiger partial charge in [-0.05, 0) is 121 Å². The lowest BCUT2D eigenvalue weighted by atomic mass is 10.2. The first-order valence-electron chi connectivity index (χ1n) is 40.3. The molecule has 4 atom stereocenters. The second kappa shape index (κ2) is 43.3. The maximum absolute atomic E-state index is 14.9. The summed E-state index contributed by atoms with van der Waals surface area (Å²) in [4.78, 5) is 116. The van der Waals surface area contributed by atoms with Crippen molar-refractivity contribution in [1.82, 2.24) is 21.3 Å². The smallest absolute Gasteiger partial charge is 0.414 e. The molecule has 0 spiro atoms. The molecule has 0 radical (unpaired) electrons. The Balaban J connectivity index is 0.000000170. The number of carbonyl (C=O) groups excluding carboxylic acids is 8. The fraction of sp³-hybridized carbons (Fsp3) is 0.364. The lowest BCUT2D eigenvalue weighted by Gasteiger charge is -2.37. The van der Waals surface area contributed by atoms with Gasteiger partial charge in [0.05, 0.1) is 97.9 Å². The van der Waals surface area contributed by atoms with Crippen molar-refractivity contribution < 1.29 is 91.3 Å². The molecule has 31 nitrogen and oxygen atoms in total. The molecule has 8 aliphatic rings. The van der Waals surface area contributed by atoms with Crippen LogP contribution in [0.1, 0.15) is 27.7 Å². The quantitative estimate of drug-likeness (QED) is 0.0415. The van der Waals surface area contributed by atoms with Gasteiger partial charge in [0.1, 0.15) is 47.7 Å². The van der Waals surface area contributed by atoms with Gasteiger partial charge < -0.3 is 95.8 Å². The summed E-state index contributed by atoms with van der Waals surface area (Å²) in [6, 6.07) is 60.1. The number of amides is 8. The highest BCUT2D eigenvalue weighted by Gasteiger charge is 2.38. The Bertz CT molecular complexity index is 4280. The minimum Gasteiger partial charge on any atom is -0.442 e.